The third kappa shape index (κ3) is 10.7. The average molecular weight is 631 g/mol. The smallest absolute Gasteiger partial charge is 0.251 e. The van der Waals surface area contributed by atoms with Crippen LogP contribution in [-0.4, -0.2) is 36.5 Å². The highest BCUT2D eigenvalue weighted by Gasteiger charge is 2.09. The highest BCUT2D eigenvalue weighted by molar-refractivity contribution is 5.97. The van der Waals surface area contributed by atoms with E-state index in [4.69, 9.17) is 0 Å². The van der Waals surface area contributed by atoms with E-state index in [0.29, 0.717) is 70.9 Å². The Bertz CT molecular complexity index is 1710. The minimum absolute atomic E-state index is 0.0309. The Labute approximate surface area is 274 Å². The van der Waals surface area contributed by atoms with E-state index in [1.165, 1.54) is 0 Å². The molecular weight excluding hydrogens is 592 g/mol. The van der Waals surface area contributed by atoms with Gasteiger partial charge in [-0.2, -0.15) is 20.5 Å². The molecular formula is C37H38N6O4. The predicted octanol–water partition coefficient (Wildman–Crippen LogP) is 9.03. The van der Waals surface area contributed by atoms with Crippen LogP contribution < -0.4 is 10.6 Å². The molecule has 10 nitrogen and oxygen atoms in total. The van der Waals surface area contributed by atoms with Crippen LogP contribution in [0.15, 0.2) is 118 Å². The van der Waals surface area contributed by atoms with Crippen LogP contribution in [-0.2, 0) is 0 Å². The Morgan fingerprint density at radius 1 is 0.447 bits per heavy atom. The van der Waals surface area contributed by atoms with Crippen molar-refractivity contribution in [1.82, 2.24) is 10.6 Å². The number of carbonyl (C=O) groups is 4. The van der Waals surface area contributed by atoms with Gasteiger partial charge in [-0.05, 0) is 116 Å². The number of rotatable bonds is 16. The van der Waals surface area contributed by atoms with Crippen molar-refractivity contribution in [3.8, 4) is 0 Å². The molecule has 240 valence electrons. The summed E-state index contributed by atoms with van der Waals surface area (Å²) in [7, 11) is 0. The van der Waals surface area contributed by atoms with Crippen LogP contribution in [0.5, 0.6) is 0 Å². The average Bonchev–Trinajstić information content (AvgIpc) is 3.11. The molecule has 0 atom stereocenters. The molecule has 0 heterocycles. The van der Waals surface area contributed by atoms with Crippen LogP contribution in [0.4, 0.5) is 22.7 Å². The van der Waals surface area contributed by atoms with E-state index in [1.54, 1.807) is 97.1 Å². The number of Topliss-reactive ketones (excluding diaryl/α,β-unsaturated/α-hetero) is 2. The molecule has 0 aliphatic heterocycles. The Kier molecular flexibility index (Phi) is 12.9. The highest BCUT2D eigenvalue weighted by atomic mass is 16.2. The standard InChI is InChI=1S/C37H38N6O4/c1-3-6-34(44)26-8-16-30(17-9-26)40-43-33-22-14-29(15-23-33)37(47)39-25-5-7-35(45)27-10-18-31(19-11-27)41-42-32-20-12-28(13-21-32)36(46)38-24-4-2/h8-23H,3-7,24-25H2,1-2H3,(H,38,46)(H,39,47). The lowest BCUT2D eigenvalue weighted by Gasteiger charge is -2.06. The fourth-order valence-electron chi connectivity index (χ4n) is 4.43. The Morgan fingerprint density at radius 3 is 1.15 bits per heavy atom. The summed E-state index contributed by atoms with van der Waals surface area (Å²) in [6.45, 7) is 4.95. The molecule has 2 amide bonds. The van der Waals surface area contributed by atoms with Gasteiger partial charge in [-0.3, -0.25) is 19.2 Å². The van der Waals surface area contributed by atoms with Crippen LogP contribution in [0.25, 0.3) is 0 Å². The first kappa shape index (κ1) is 34.2. The minimum atomic E-state index is -0.239. The number of nitrogens with zero attached hydrogens (tertiary/aromatic N) is 4. The zero-order valence-electron chi connectivity index (χ0n) is 26.6. The summed E-state index contributed by atoms with van der Waals surface area (Å²) in [6.07, 6.45) is 2.97. The highest BCUT2D eigenvalue weighted by Crippen LogP contribution is 2.21. The number of azo groups is 2. The fourth-order valence-corrected chi connectivity index (χ4v) is 4.43. The largest absolute Gasteiger partial charge is 0.352 e. The first-order valence-electron chi connectivity index (χ1n) is 15.7. The van der Waals surface area contributed by atoms with E-state index in [1.807, 2.05) is 13.8 Å². The summed E-state index contributed by atoms with van der Waals surface area (Å²) < 4.78 is 0. The van der Waals surface area contributed by atoms with Crippen molar-refractivity contribution < 1.29 is 19.2 Å². The predicted molar refractivity (Wildman–Crippen MR) is 182 cm³/mol. The molecule has 2 N–H and O–H groups in total. The zero-order valence-corrected chi connectivity index (χ0v) is 26.6. The summed E-state index contributed by atoms with van der Waals surface area (Å²) in [4.78, 5) is 49.2. The Balaban J connectivity index is 1.18. The Morgan fingerprint density at radius 2 is 0.787 bits per heavy atom. The maximum Gasteiger partial charge on any atom is 0.251 e. The maximum absolute atomic E-state index is 12.6. The van der Waals surface area contributed by atoms with Crippen molar-refractivity contribution in [2.45, 2.75) is 46.0 Å². The molecule has 0 aromatic heterocycles. The normalized spacial score (nSPS) is 11.1. The molecule has 10 heteroatoms. The molecule has 4 rings (SSSR count). The number of benzene rings is 4. The van der Waals surface area contributed by atoms with Crippen molar-refractivity contribution in [2.75, 3.05) is 13.1 Å². The van der Waals surface area contributed by atoms with Crippen molar-refractivity contribution in [3.05, 3.63) is 119 Å². The zero-order chi connectivity index (χ0) is 33.4. The van der Waals surface area contributed by atoms with Gasteiger partial charge < -0.3 is 10.6 Å². The van der Waals surface area contributed by atoms with Crippen LogP contribution in [0.2, 0.25) is 0 Å². The molecule has 4 aromatic carbocycles. The third-order valence-corrected chi connectivity index (χ3v) is 7.08. The van der Waals surface area contributed by atoms with Gasteiger partial charge in [-0.25, -0.2) is 0 Å². The van der Waals surface area contributed by atoms with Crippen molar-refractivity contribution in [3.63, 3.8) is 0 Å². The van der Waals surface area contributed by atoms with E-state index in [9.17, 15) is 19.2 Å². The molecule has 0 saturated heterocycles. The second-order valence-electron chi connectivity index (χ2n) is 10.8. The lowest BCUT2D eigenvalue weighted by atomic mass is 10.1. The lowest BCUT2D eigenvalue weighted by Crippen LogP contribution is -2.24. The van der Waals surface area contributed by atoms with E-state index in [-0.39, 0.29) is 29.8 Å². The number of hydrogen-bond acceptors (Lipinski definition) is 8. The second-order valence-corrected chi connectivity index (χ2v) is 10.8. The summed E-state index contributed by atoms with van der Waals surface area (Å²) in [5.41, 5.74) is 4.69. The van der Waals surface area contributed by atoms with E-state index in [2.05, 4.69) is 31.1 Å². The van der Waals surface area contributed by atoms with Crippen molar-refractivity contribution in [1.29, 1.82) is 0 Å². The molecule has 0 aliphatic carbocycles. The molecule has 0 fully saturated rings. The van der Waals surface area contributed by atoms with Crippen molar-refractivity contribution in [2.24, 2.45) is 20.5 Å². The van der Waals surface area contributed by atoms with Gasteiger partial charge >= 0.3 is 0 Å². The van der Waals surface area contributed by atoms with Gasteiger partial charge in [-0.1, -0.05) is 13.8 Å². The first-order valence-corrected chi connectivity index (χ1v) is 15.7. The molecule has 0 spiro atoms. The van der Waals surface area contributed by atoms with Gasteiger partial charge in [0, 0.05) is 48.2 Å². The van der Waals surface area contributed by atoms with Gasteiger partial charge in [0.15, 0.2) is 11.6 Å². The van der Waals surface area contributed by atoms with Crippen LogP contribution in [0.1, 0.15) is 87.4 Å². The summed E-state index contributed by atoms with van der Waals surface area (Å²) in [6, 6.07) is 27.5. The fraction of sp³-hybridized carbons (Fsp3) is 0.243. The SMILES string of the molecule is CCCNC(=O)c1ccc(N=Nc2ccc(C(=O)CCCNC(=O)c3ccc(N=Nc4ccc(C(=O)CCC)cc4)cc3)cc2)cc1. The lowest BCUT2D eigenvalue weighted by molar-refractivity contribution is 0.0937. The monoisotopic (exact) mass is 630 g/mol. The van der Waals surface area contributed by atoms with Gasteiger partial charge in [0.2, 0.25) is 0 Å². The summed E-state index contributed by atoms with van der Waals surface area (Å²) >= 11 is 0. The second kappa shape index (κ2) is 17.7. The molecule has 0 unspecified atom stereocenters. The number of carbonyl (C=O) groups excluding carboxylic acids is 4. The number of nitrogens with one attached hydrogen (secondary N) is 2. The van der Waals surface area contributed by atoms with Crippen LogP contribution in [0, 0.1) is 0 Å². The summed E-state index contributed by atoms with van der Waals surface area (Å²) in [5.74, 6) is -0.281. The maximum atomic E-state index is 12.6. The van der Waals surface area contributed by atoms with Gasteiger partial charge in [-0.15, -0.1) is 0 Å². The Hall–Kier alpha value is -5.64. The number of amides is 2. The quantitative estimate of drug-likeness (QED) is 0.0723. The molecule has 0 saturated carbocycles. The van der Waals surface area contributed by atoms with Crippen LogP contribution >= 0.6 is 0 Å². The summed E-state index contributed by atoms with van der Waals surface area (Å²) in [5, 5.41) is 22.5. The first-order chi connectivity index (χ1) is 22.9. The van der Waals surface area contributed by atoms with E-state index < -0.39 is 0 Å². The van der Waals surface area contributed by atoms with E-state index in [0.717, 1.165) is 12.8 Å². The van der Waals surface area contributed by atoms with Gasteiger partial charge in [0.25, 0.3) is 11.8 Å². The number of hydrogen-bond donors (Lipinski definition) is 2. The molecule has 47 heavy (non-hydrogen) atoms. The van der Waals surface area contributed by atoms with Gasteiger partial charge in [0.05, 0.1) is 22.7 Å². The minimum Gasteiger partial charge on any atom is -0.352 e. The molecule has 0 bridgehead atoms. The molecule has 4 aromatic rings. The van der Waals surface area contributed by atoms with Gasteiger partial charge in [0.1, 0.15) is 0 Å². The van der Waals surface area contributed by atoms with E-state index >= 15 is 0 Å². The third-order valence-electron chi connectivity index (χ3n) is 7.08. The van der Waals surface area contributed by atoms with Crippen molar-refractivity contribution >= 4 is 46.1 Å². The molecule has 0 aliphatic rings. The number of ketones is 2. The topological polar surface area (TPSA) is 142 Å². The molecule has 0 radical (unpaired) electrons. The van der Waals surface area contributed by atoms with Crippen LogP contribution in [0.3, 0.4) is 0 Å².